The predicted molar refractivity (Wildman–Crippen MR) is 79.5 cm³/mol. The van der Waals surface area contributed by atoms with Gasteiger partial charge in [0, 0.05) is 18.3 Å². The standard InChI is InChI=1S/C15H23FN2O2/c1-4-5-6-7-15(2,3)11-17-13-8-12(16)9-14(10-13)18(19)20/h8-10,17H,4-7,11H2,1-3H3. The molecule has 5 heteroatoms. The highest BCUT2D eigenvalue weighted by atomic mass is 19.1. The lowest BCUT2D eigenvalue weighted by molar-refractivity contribution is -0.385. The third-order valence-electron chi connectivity index (χ3n) is 3.32. The van der Waals surface area contributed by atoms with Crippen molar-refractivity contribution in [2.75, 3.05) is 11.9 Å². The molecule has 0 heterocycles. The molecule has 1 rings (SSSR count). The molecule has 1 aromatic carbocycles. The number of benzene rings is 1. The number of nitrogens with zero attached hydrogens (tertiary/aromatic N) is 1. The Morgan fingerprint density at radius 1 is 1.30 bits per heavy atom. The first-order chi connectivity index (χ1) is 9.34. The maximum Gasteiger partial charge on any atom is 0.274 e. The minimum atomic E-state index is -0.592. The van der Waals surface area contributed by atoms with Gasteiger partial charge >= 0.3 is 0 Å². The number of halogens is 1. The Morgan fingerprint density at radius 3 is 2.60 bits per heavy atom. The van der Waals surface area contributed by atoms with Crippen molar-refractivity contribution in [3.8, 4) is 0 Å². The van der Waals surface area contributed by atoms with E-state index < -0.39 is 10.7 Å². The van der Waals surface area contributed by atoms with E-state index in [4.69, 9.17) is 0 Å². The Bertz CT molecular complexity index is 461. The summed E-state index contributed by atoms with van der Waals surface area (Å²) in [6.07, 6.45) is 4.62. The molecule has 0 atom stereocenters. The van der Waals surface area contributed by atoms with E-state index in [0.29, 0.717) is 12.2 Å². The largest absolute Gasteiger partial charge is 0.384 e. The first-order valence-corrected chi connectivity index (χ1v) is 7.03. The number of rotatable bonds is 8. The summed E-state index contributed by atoms with van der Waals surface area (Å²) in [7, 11) is 0. The van der Waals surface area contributed by atoms with Crippen LogP contribution in [-0.4, -0.2) is 11.5 Å². The molecule has 1 N–H and O–H groups in total. The first-order valence-electron chi connectivity index (χ1n) is 7.03. The Balaban J connectivity index is 2.62. The van der Waals surface area contributed by atoms with Gasteiger partial charge in [0.2, 0.25) is 0 Å². The van der Waals surface area contributed by atoms with Gasteiger partial charge in [-0.15, -0.1) is 0 Å². The summed E-state index contributed by atoms with van der Waals surface area (Å²) < 4.78 is 13.3. The minimum absolute atomic E-state index is 0.0796. The molecular formula is C15H23FN2O2. The van der Waals surface area contributed by atoms with Crippen LogP contribution in [0.25, 0.3) is 0 Å². The molecule has 0 saturated carbocycles. The second-order valence-corrected chi connectivity index (χ2v) is 5.93. The van der Waals surface area contributed by atoms with Gasteiger partial charge in [0.05, 0.1) is 11.0 Å². The highest BCUT2D eigenvalue weighted by Gasteiger charge is 2.18. The van der Waals surface area contributed by atoms with Crippen molar-refractivity contribution < 1.29 is 9.31 Å². The van der Waals surface area contributed by atoms with Gasteiger partial charge in [-0.1, -0.05) is 40.0 Å². The van der Waals surface area contributed by atoms with Crippen LogP contribution in [0.2, 0.25) is 0 Å². The van der Waals surface area contributed by atoms with Crippen molar-refractivity contribution in [1.29, 1.82) is 0 Å². The second kappa shape index (κ2) is 7.22. The Hall–Kier alpha value is -1.65. The van der Waals surface area contributed by atoms with Crippen molar-refractivity contribution in [2.45, 2.75) is 46.5 Å². The van der Waals surface area contributed by atoms with Crippen LogP contribution in [-0.2, 0) is 0 Å². The zero-order chi connectivity index (χ0) is 15.2. The SMILES string of the molecule is CCCCCC(C)(C)CNc1cc(F)cc([N+](=O)[O-])c1. The van der Waals surface area contributed by atoms with E-state index in [-0.39, 0.29) is 11.1 Å². The minimum Gasteiger partial charge on any atom is -0.384 e. The fourth-order valence-corrected chi connectivity index (χ4v) is 2.06. The van der Waals surface area contributed by atoms with E-state index in [0.717, 1.165) is 18.9 Å². The maximum atomic E-state index is 13.3. The summed E-state index contributed by atoms with van der Waals surface area (Å²) in [6, 6.07) is 3.58. The Labute approximate surface area is 119 Å². The molecule has 0 fully saturated rings. The Kier molecular flexibility index (Phi) is 5.92. The van der Waals surface area contributed by atoms with Crippen LogP contribution >= 0.6 is 0 Å². The molecule has 4 nitrogen and oxygen atoms in total. The average molecular weight is 282 g/mol. The van der Waals surface area contributed by atoms with Gasteiger partial charge in [0.1, 0.15) is 5.82 Å². The average Bonchev–Trinajstić information content (AvgIpc) is 2.36. The van der Waals surface area contributed by atoms with E-state index in [1.54, 1.807) is 0 Å². The summed E-state index contributed by atoms with van der Waals surface area (Å²) in [4.78, 5) is 10.1. The normalized spacial score (nSPS) is 11.4. The third-order valence-corrected chi connectivity index (χ3v) is 3.32. The molecule has 0 aliphatic rings. The number of nitro benzene ring substituents is 1. The topological polar surface area (TPSA) is 55.2 Å². The van der Waals surface area contributed by atoms with Crippen LogP contribution < -0.4 is 5.32 Å². The van der Waals surface area contributed by atoms with Crippen molar-refractivity contribution in [3.63, 3.8) is 0 Å². The van der Waals surface area contributed by atoms with Crippen molar-refractivity contribution in [3.05, 3.63) is 34.1 Å². The summed E-state index contributed by atoms with van der Waals surface area (Å²) in [5.74, 6) is -0.592. The summed E-state index contributed by atoms with van der Waals surface area (Å²) in [5.41, 5.74) is 0.313. The highest BCUT2D eigenvalue weighted by molar-refractivity contribution is 5.51. The highest BCUT2D eigenvalue weighted by Crippen LogP contribution is 2.26. The molecular weight excluding hydrogens is 259 g/mol. The van der Waals surface area contributed by atoms with E-state index >= 15 is 0 Å². The maximum absolute atomic E-state index is 13.3. The Morgan fingerprint density at radius 2 is 2.00 bits per heavy atom. The van der Waals surface area contributed by atoms with E-state index in [1.807, 2.05) is 0 Å². The summed E-state index contributed by atoms with van der Waals surface area (Å²) >= 11 is 0. The molecule has 1 aromatic rings. The number of anilines is 1. The van der Waals surface area contributed by atoms with Crippen molar-refractivity contribution in [1.82, 2.24) is 0 Å². The molecule has 0 spiro atoms. The molecule has 0 unspecified atom stereocenters. The monoisotopic (exact) mass is 282 g/mol. The fourth-order valence-electron chi connectivity index (χ4n) is 2.06. The van der Waals surface area contributed by atoms with Gasteiger partial charge in [-0.25, -0.2) is 4.39 Å². The van der Waals surface area contributed by atoms with Crippen LogP contribution in [0, 0.1) is 21.3 Å². The third kappa shape index (κ3) is 5.55. The van der Waals surface area contributed by atoms with Gasteiger partial charge in [-0.3, -0.25) is 10.1 Å². The van der Waals surface area contributed by atoms with Crippen LogP contribution in [0.5, 0.6) is 0 Å². The number of nitrogens with one attached hydrogen (secondary N) is 1. The van der Waals surface area contributed by atoms with Crippen LogP contribution in [0.3, 0.4) is 0 Å². The van der Waals surface area contributed by atoms with Gasteiger partial charge in [-0.05, 0) is 17.9 Å². The van der Waals surface area contributed by atoms with Crippen LogP contribution in [0.4, 0.5) is 15.8 Å². The summed E-state index contributed by atoms with van der Waals surface area (Å²) in [6.45, 7) is 7.11. The predicted octanol–water partition coefficient (Wildman–Crippen LogP) is 4.75. The number of non-ortho nitro benzene ring substituents is 1. The number of nitro groups is 1. The smallest absolute Gasteiger partial charge is 0.274 e. The molecule has 0 aliphatic carbocycles. The van der Waals surface area contributed by atoms with Crippen molar-refractivity contribution >= 4 is 11.4 Å². The zero-order valence-electron chi connectivity index (χ0n) is 12.4. The quantitative estimate of drug-likeness (QED) is 0.425. The van der Waals surface area contributed by atoms with Gasteiger partial charge in [0.25, 0.3) is 5.69 Å². The molecule has 0 saturated heterocycles. The lowest BCUT2D eigenvalue weighted by Gasteiger charge is -2.25. The molecule has 112 valence electrons. The van der Waals surface area contributed by atoms with E-state index in [1.165, 1.54) is 25.0 Å². The lowest BCUT2D eigenvalue weighted by Crippen LogP contribution is -2.23. The zero-order valence-corrected chi connectivity index (χ0v) is 12.4. The molecule has 0 amide bonds. The molecule has 20 heavy (non-hydrogen) atoms. The summed E-state index contributed by atoms with van der Waals surface area (Å²) in [5, 5.41) is 13.8. The van der Waals surface area contributed by atoms with E-state index in [9.17, 15) is 14.5 Å². The fraction of sp³-hybridized carbons (Fsp3) is 0.600. The first kappa shape index (κ1) is 16.4. The van der Waals surface area contributed by atoms with Crippen molar-refractivity contribution in [2.24, 2.45) is 5.41 Å². The van der Waals surface area contributed by atoms with Crippen LogP contribution in [0.1, 0.15) is 46.5 Å². The number of hydrogen-bond acceptors (Lipinski definition) is 3. The number of unbranched alkanes of at least 4 members (excludes halogenated alkanes) is 2. The lowest BCUT2D eigenvalue weighted by atomic mass is 9.87. The van der Waals surface area contributed by atoms with Crippen LogP contribution in [0.15, 0.2) is 18.2 Å². The molecule has 0 radical (unpaired) electrons. The number of hydrogen-bond donors (Lipinski definition) is 1. The van der Waals surface area contributed by atoms with Gasteiger partial charge < -0.3 is 5.32 Å². The van der Waals surface area contributed by atoms with Gasteiger partial charge in [-0.2, -0.15) is 0 Å². The molecule has 0 aromatic heterocycles. The van der Waals surface area contributed by atoms with E-state index in [2.05, 4.69) is 26.1 Å². The molecule has 0 bridgehead atoms. The second-order valence-electron chi connectivity index (χ2n) is 5.93. The van der Waals surface area contributed by atoms with Gasteiger partial charge in [0.15, 0.2) is 0 Å². The molecule has 0 aliphatic heterocycles.